The van der Waals surface area contributed by atoms with Crippen LogP contribution in [0.25, 0.3) is 0 Å². The van der Waals surface area contributed by atoms with E-state index in [9.17, 15) is 0 Å². The molecule has 0 aromatic carbocycles. The van der Waals surface area contributed by atoms with Crippen molar-refractivity contribution in [3.05, 3.63) is 0 Å². The fourth-order valence-corrected chi connectivity index (χ4v) is 0.282. The van der Waals surface area contributed by atoms with Crippen LogP contribution in [0.5, 0.6) is 0 Å². The molecular formula is C5H13NO. The highest BCUT2D eigenvalue weighted by Crippen LogP contribution is 1.97. The predicted octanol–water partition coefficient (Wildman–Crippen LogP) is 0.923. The lowest BCUT2D eigenvalue weighted by atomic mass is 10.1. The molecule has 44 valence electrons. The molecule has 0 radical (unpaired) electrons. The van der Waals surface area contributed by atoms with Crippen molar-refractivity contribution >= 4 is 0 Å². The molecule has 0 aromatic rings. The number of nitrogens with two attached hydrogens (primary N) is 1. The number of hydrogen-bond donors (Lipinski definition) is 1. The summed E-state index contributed by atoms with van der Waals surface area (Å²) < 4.78 is 0. The van der Waals surface area contributed by atoms with Gasteiger partial charge in [-0.15, -0.1) is 0 Å². The molecule has 0 saturated carbocycles. The van der Waals surface area contributed by atoms with Crippen LogP contribution >= 0.6 is 0 Å². The molecule has 0 aliphatic carbocycles. The SMILES string of the molecule is CC[C@@H](C)CON. The van der Waals surface area contributed by atoms with Crippen molar-refractivity contribution in [2.24, 2.45) is 11.8 Å². The molecule has 2 N–H and O–H groups in total. The van der Waals surface area contributed by atoms with Gasteiger partial charge in [0.25, 0.3) is 0 Å². The molecule has 7 heavy (non-hydrogen) atoms. The predicted molar refractivity (Wildman–Crippen MR) is 29.6 cm³/mol. The molecule has 0 fully saturated rings. The van der Waals surface area contributed by atoms with Crippen LogP contribution in [0.3, 0.4) is 0 Å². The summed E-state index contributed by atoms with van der Waals surface area (Å²) >= 11 is 0. The van der Waals surface area contributed by atoms with Crippen LogP contribution in [0, 0.1) is 5.92 Å². The minimum absolute atomic E-state index is 0.602. The number of rotatable bonds is 3. The standard InChI is InChI=1S/C5H13NO/c1-3-5(2)4-7-6/h5H,3-4,6H2,1-2H3/t5-/m1/s1. The summed E-state index contributed by atoms with van der Waals surface area (Å²) in [5.41, 5.74) is 0. The lowest BCUT2D eigenvalue weighted by Gasteiger charge is -2.02. The van der Waals surface area contributed by atoms with Gasteiger partial charge in [-0.2, -0.15) is 0 Å². The first kappa shape index (κ1) is 6.92. The highest BCUT2D eigenvalue weighted by atomic mass is 16.6. The Kier molecular flexibility index (Phi) is 4.04. The van der Waals surface area contributed by atoms with E-state index in [-0.39, 0.29) is 0 Å². The second kappa shape index (κ2) is 4.09. The third-order valence-corrected chi connectivity index (χ3v) is 1.08. The summed E-state index contributed by atoms with van der Waals surface area (Å²) in [5.74, 6) is 5.41. The molecule has 0 heterocycles. The molecule has 0 aliphatic rings. The van der Waals surface area contributed by atoms with Crippen molar-refractivity contribution in [2.75, 3.05) is 6.61 Å². The largest absolute Gasteiger partial charge is 0.304 e. The van der Waals surface area contributed by atoms with Crippen molar-refractivity contribution < 1.29 is 4.84 Å². The van der Waals surface area contributed by atoms with Crippen LogP contribution in [0.1, 0.15) is 20.3 Å². The first-order chi connectivity index (χ1) is 3.31. The Bertz CT molecular complexity index is 39.1. The summed E-state index contributed by atoms with van der Waals surface area (Å²) in [7, 11) is 0. The first-order valence-corrected chi connectivity index (χ1v) is 2.63. The Labute approximate surface area is 44.6 Å². The zero-order valence-corrected chi connectivity index (χ0v) is 4.98. The quantitative estimate of drug-likeness (QED) is 0.539. The summed E-state index contributed by atoms with van der Waals surface area (Å²) in [4.78, 5) is 4.39. The van der Waals surface area contributed by atoms with Crippen molar-refractivity contribution in [1.29, 1.82) is 0 Å². The highest BCUT2D eigenvalue weighted by molar-refractivity contribution is 4.43. The first-order valence-electron chi connectivity index (χ1n) is 2.63. The Morgan fingerprint density at radius 3 is 2.43 bits per heavy atom. The van der Waals surface area contributed by atoms with E-state index in [1.54, 1.807) is 0 Å². The minimum atomic E-state index is 0.602. The van der Waals surface area contributed by atoms with Crippen LogP contribution in [-0.2, 0) is 4.84 Å². The molecule has 0 aromatic heterocycles. The maximum Gasteiger partial charge on any atom is 0.0704 e. The van der Waals surface area contributed by atoms with Gasteiger partial charge in [0.15, 0.2) is 0 Å². The van der Waals surface area contributed by atoms with Crippen LogP contribution in [0.15, 0.2) is 0 Å². The van der Waals surface area contributed by atoms with E-state index in [0.717, 1.165) is 6.42 Å². The molecule has 1 atom stereocenters. The van der Waals surface area contributed by atoms with E-state index in [0.29, 0.717) is 12.5 Å². The van der Waals surface area contributed by atoms with Gasteiger partial charge in [-0.3, -0.25) is 0 Å². The second-order valence-corrected chi connectivity index (χ2v) is 1.85. The Morgan fingerprint density at radius 1 is 1.71 bits per heavy atom. The summed E-state index contributed by atoms with van der Waals surface area (Å²) in [5, 5.41) is 0. The second-order valence-electron chi connectivity index (χ2n) is 1.85. The third kappa shape index (κ3) is 3.76. The van der Waals surface area contributed by atoms with Gasteiger partial charge in [-0.1, -0.05) is 20.3 Å². The summed E-state index contributed by atoms with van der Waals surface area (Å²) in [6.07, 6.45) is 1.14. The third-order valence-electron chi connectivity index (χ3n) is 1.08. The van der Waals surface area contributed by atoms with E-state index < -0.39 is 0 Å². The van der Waals surface area contributed by atoms with Crippen LogP contribution in [0.2, 0.25) is 0 Å². The van der Waals surface area contributed by atoms with Crippen LogP contribution in [-0.4, -0.2) is 6.61 Å². The van der Waals surface area contributed by atoms with Gasteiger partial charge < -0.3 is 4.84 Å². The summed E-state index contributed by atoms with van der Waals surface area (Å²) in [6.45, 7) is 4.90. The zero-order chi connectivity index (χ0) is 5.70. The number of hydrogen-bond acceptors (Lipinski definition) is 2. The van der Waals surface area contributed by atoms with Gasteiger partial charge in [-0.05, 0) is 5.92 Å². The molecule has 0 rings (SSSR count). The lowest BCUT2D eigenvalue weighted by molar-refractivity contribution is 0.106. The molecule has 0 unspecified atom stereocenters. The van der Waals surface area contributed by atoms with E-state index in [4.69, 9.17) is 5.90 Å². The van der Waals surface area contributed by atoms with Gasteiger partial charge in [0.2, 0.25) is 0 Å². The van der Waals surface area contributed by atoms with E-state index in [2.05, 4.69) is 18.7 Å². The molecule has 0 spiro atoms. The van der Waals surface area contributed by atoms with Crippen molar-refractivity contribution in [1.82, 2.24) is 0 Å². The summed E-state index contributed by atoms with van der Waals surface area (Å²) in [6, 6.07) is 0. The highest BCUT2D eigenvalue weighted by Gasteiger charge is 1.93. The lowest BCUT2D eigenvalue weighted by Crippen LogP contribution is -2.08. The average molecular weight is 103 g/mol. The molecule has 2 nitrogen and oxygen atoms in total. The van der Waals surface area contributed by atoms with Gasteiger partial charge in [-0.25, -0.2) is 5.90 Å². The Balaban J connectivity index is 2.83. The van der Waals surface area contributed by atoms with E-state index in [1.807, 2.05) is 0 Å². The average Bonchev–Trinajstić information content (AvgIpc) is 1.68. The van der Waals surface area contributed by atoms with E-state index >= 15 is 0 Å². The monoisotopic (exact) mass is 103 g/mol. The van der Waals surface area contributed by atoms with E-state index in [1.165, 1.54) is 0 Å². The molecular weight excluding hydrogens is 90.1 g/mol. The van der Waals surface area contributed by atoms with Gasteiger partial charge in [0.1, 0.15) is 0 Å². The van der Waals surface area contributed by atoms with Crippen molar-refractivity contribution in [2.45, 2.75) is 20.3 Å². The van der Waals surface area contributed by atoms with Crippen molar-refractivity contribution in [3.8, 4) is 0 Å². The Morgan fingerprint density at radius 2 is 2.29 bits per heavy atom. The van der Waals surface area contributed by atoms with Gasteiger partial charge in [0, 0.05) is 0 Å². The minimum Gasteiger partial charge on any atom is -0.304 e. The van der Waals surface area contributed by atoms with Crippen LogP contribution < -0.4 is 5.90 Å². The Hall–Kier alpha value is -0.0800. The van der Waals surface area contributed by atoms with Gasteiger partial charge in [0.05, 0.1) is 6.61 Å². The molecule has 0 saturated heterocycles. The van der Waals surface area contributed by atoms with Gasteiger partial charge >= 0.3 is 0 Å². The fourth-order valence-electron chi connectivity index (χ4n) is 0.282. The van der Waals surface area contributed by atoms with Crippen molar-refractivity contribution in [3.63, 3.8) is 0 Å². The topological polar surface area (TPSA) is 35.2 Å². The molecule has 0 bridgehead atoms. The maximum absolute atomic E-state index is 4.80. The zero-order valence-electron chi connectivity index (χ0n) is 4.98. The molecule has 0 aliphatic heterocycles. The maximum atomic E-state index is 4.80. The normalized spacial score (nSPS) is 14.1. The molecule has 2 heteroatoms. The smallest absolute Gasteiger partial charge is 0.0704 e. The fraction of sp³-hybridized carbons (Fsp3) is 1.00. The van der Waals surface area contributed by atoms with Crippen LogP contribution in [0.4, 0.5) is 0 Å². The molecule has 0 amide bonds.